The Kier molecular flexibility index (Phi) is 6.72. The van der Waals surface area contributed by atoms with Gasteiger partial charge >= 0.3 is 0 Å². The van der Waals surface area contributed by atoms with Gasteiger partial charge in [-0.1, -0.05) is 26.0 Å². The average Bonchev–Trinajstić information content (AvgIpc) is 2.80. The molecule has 0 radical (unpaired) electrons. The Bertz CT molecular complexity index is 1040. The summed E-state index contributed by atoms with van der Waals surface area (Å²) < 4.78 is 19.6. The number of morpholine rings is 1. The van der Waals surface area contributed by atoms with Gasteiger partial charge in [-0.3, -0.25) is 4.90 Å². The summed E-state index contributed by atoms with van der Waals surface area (Å²) in [6.45, 7) is 7.02. The Morgan fingerprint density at radius 3 is 2.47 bits per heavy atom. The zero-order valence-corrected chi connectivity index (χ0v) is 19.0. The van der Waals surface area contributed by atoms with Crippen molar-refractivity contribution in [3.05, 3.63) is 65.8 Å². The summed E-state index contributed by atoms with van der Waals surface area (Å²) in [6, 6.07) is 6.41. The van der Waals surface area contributed by atoms with Crippen molar-refractivity contribution in [1.82, 2.24) is 24.8 Å². The van der Waals surface area contributed by atoms with E-state index in [-0.39, 0.29) is 11.9 Å². The van der Waals surface area contributed by atoms with Gasteiger partial charge in [-0.15, -0.1) is 0 Å². The molecule has 3 heterocycles. The van der Waals surface area contributed by atoms with E-state index in [0.717, 1.165) is 41.3 Å². The first-order valence-electron chi connectivity index (χ1n) is 10.9. The van der Waals surface area contributed by atoms with Crippen LogP contribution in [0.3, 0.4) is 0 Å². The average molecular weight is 437 g/mol. The van der Waals surface area contributed by atoms with Crippen LogP contribution in [0, 0.1) is 5.82 Å². The van der Waals surface area contributed by atoms with E-state index in [1.54, 1.807) is 18.3 Å². The maximum Gasteiger partial charge on any atom is 0.225 e. The highest BCUT2D eigenvalue weighted by Gasteiger charge is 2.27. The van der Waals surface area contributed by atoms with Crippen LogP contribution in [0.1, 0.15) is 43.0 Å². The lowest BCUT2D eigenvalue weighted by atomic mass is 10.0. The van der Waals surface area contributed by atoms with Crippen molar-refractivity contribution in [2.75, 3.05) is 38.7 Å². The van der Waals surface area contributed by atoms with E-state index in [2.05, 4.69) is 33.7 Å². The number of halogens is 1. The minimum Gasteiger partial charge on any atom is -0.369 e. The second kappa shape index (κ2) is 9.67. The molecule has 0 saturated carbocycles. The van der Waals surface area contributed by atoms with Gasteiger partial charge < -0.3 is 9.64 Å². The number of ether oxygens (including phenoxy) is 1. The lowest BCUT2D eigenvalue weighted by Crippen LogP contribution is -2.38. The van der Waals surface area contributed by atoms with Gasteiger partial charge in [-0.25, -0.2) is 24.3 Å². The summed E-state index contributed by atoms with van der Waals surface area (Å²) >= 11 is 0. The highest BCUT2D eigenvalue weighted by molar-refractivity contribution is 5.66. The minimum atomic E-state index is -0.271. The Labute approximate surface area is 188 Å². The maximum absolute atomic E-state index is 13.5. The van der Waals surface area contributed by atoms with E-state index in [1.165, 1.54) is 12.1 Å². The second-order valence-corrected chi connectivity index (χ2v) is 8.57. The molecule has 0 aliphatic carbocycles. The van der Waals surface area contributed by atoms with Gasteiger partial charge in [0.05, 0.1) is 12.3 Å². The van der Waals surface area contributed by atoms with E-state index >= 15 is 0 Å². The Balaban J connectivity index is 1.58. The number of anilines is 1. The zero-order valence-electron chi connectivity index (χ0n) is 19.0. The van der Waals surface area contributed by atoms with Crippen molar-refractivity contribution in [2.24, 2.45) is 0 Å². The summed E-state index contributed by atoms with van der Waals surface area (Å²) in [5, 5.41) is 0. The van der Waals surface area contributed by atoms with Crippen LogP contribution in [-0.2, 0) is 11.3 Å². The third-order valence-corrected chi connectivity index (χ3v) is 5.46. The minimum absolute atomic E-state index is 0.221. The van der Waals surface area contributed by atoms with Crippen LogP contribution >= 0.6 is 0 Å². The molecule has 1 saturated heterocycles. The largest absolute Gasteiger partial charge is 0.369 e. The van der Waals surface area contributed by atoms with Crippen LogP contribution in [0.2, 0.25) is 0 Å². The van der Waals surface area contributed by atoms with Gasteiger partial charge in [0.1, 0.15) is 17.7 Å². The highest BCUT2D eigenvalue weighted by atomic mass is 19.1. The molecule has 0 amide bonds. The molecule has 0 N–H and O–H groups in total. The molecule has 1 aliphatic heterocycles. The van der Waals surface area contributed by atoms with E-state index in [4.69, 9.17) is 9.72 Å². The Morgan fingerprint density at radius 1 is 1.09 bits per heavy atom. The quantitative estimate of drug-likeness (QED) is 0.582. The molecule has 3 aromatic rings. The van der Waals surface area contributed by atoms with Gasteiger partial charge in [0.15, 0.2) is 0 Å². The van der Waals surface area contributed by atoms with Crippen LogP contribution in [0.5, 0.6) is 0 Å². The molecule has 2 aromatic heterocycles. The van der Waals surface area contributed by atoms with Gasteiger partial charge in [-0.2, -0.15) is 0 Å². The van der Waals surface area contributed by atoms with Gasteiger partial charge in [-0.05, 0) is 17.7 Å². The first-order chi connectivity index (χ1) is 15.4. The van der Waals surface area contributed by atoms with Crippen LogP contribution in [0.25, 0.3) is 11.1 Å². The van der Waals surface area contributed by atoms with Crippen LogP contribution in [0.4, 0.5) is 10.3 Å². The number of benzene rings is 1. The van der Waals surface area contributed by atoms with Crippen molar-refractivity contribution in [3.63, 3.8) is 0 Å². The van der Waals surface area contributed by atoms with Crippen LogP contribution in [0.15, 0.2) is 42.9 Å². The molecule has 32 heavy (non-hydrogen) atoms. The van der Waals surface area contributed by atoms with Crippen molar-refractivity contribution < 1.29 is 9.13 Å². The van der Waals surface area contributed by atoms with Crippen LogP contribution < -0.4 is 4.90 Å². The topological polar surface area (TPSA) is 67.3 Å². The number of hydrogen-bond acceptors (Lipinski definition) is 7. The highest BCUT2D eigenvalue weighted by Crippen LogP contribution is 2.32. The first kappa shape index (κ1) is 22.2. The Morgan fingerprint density at radius 2 is 1.81 bits per heavy atom. The summed E-state index contributed by atoms with van der Waals surface area (Å²) in [7, 11) is 3.82. The summed E-state index contributed by atoms with van der Waals surface area (Å²) in [5.74, 6) is 1.51. The molecule has 1 atom stereocenters. The molecule has 1 aromatic carbocycles. The monoisotopic (exact) mass is 436 g/mol. The normalized spacial score (nSPS) is 17.0. The number of nitrogens with zero attached hydrogens (tertiary/aromatic N) is 6. The lowest BCUT2D eigenvalue weighted by molar-refractivity contribution is -0.0347. The summed E-state index contributed by atoms with van der Waals surface area (Å²) in [5.41, 5.74) is 3.61. The van der Waals surface area contributed by atoms with Gasteiger partial charge in [0.25, 0.3) is 0 Å². The molecule has 0 bridgehead atoms. The third kappa shape index (κ3) is 5.08. The van der Waals surface area contributed by atoms with Crippen molar-refractivity contribution >= 4 is 5.95 Å². The second-order valence-electron chi connectivity index (χ2n) is 8.57. The molecule has 0 spiro atoms. The molecule has 168 valence electrons. The molecule has 8 heteroatoms. The molecule has 1 fully saturated rings. The molecular formula is C24H29FN6O. The van der Waals surface area contributed by atoms with Crippen LogP contribution in [-0.4, -0.2) is 58.6 Å². The molecule has 0 unspecified atom stereocenters. The maximum atomic E-state index is 13.5. The van der Waals surface area contributed by atoms with Crippen molar-refractivity contribution in [1.29, 1.82) is 0 Å². The molecule has 4 rings (SSSR count). The van der Waals surface area contributed by atoms with E-state index < -0.39 is 0 Å². The van der Waals surface area contributed by atoms with E-state index in [0.29, 0.717) is 25.0 Å². The third-order valence-electron chi connectivity index (χ3n) is 5.46. The predicted molar refractivity (Wildman–Crippen MR) is 122 cm³/mol. The number of aromatic nitrogens is 4. The number of hydrogen-bond donors (Lipinski definition) is 0. The Hall–Kier alpha value is -2.97. The molecule has 1 aliphatic rings. The first-order valence-corrected chi connectivity index (χ1v) is 10.9. The fourth-order valence-electron chi connectivity index (χ4n) is 3.71. The fraction of sp³-hybridized carbons (Fsp3) is 0.417. The van der Waals surface area contributed by atoms with Gasteiger partial charge in [0.2, 0.25) is 5.95 Å². The fourth-order valence-corrected chi connectivity index (χ4v) is 3.71. The molecular weight excluding hydrogens is 407 g/mol. The lowest BCUT2D eigenvalue weighted by Gasteiger charge is -2.33. The summed E-state index contributed by atoms with van der Waals surface area (Å²) in [4.78, 5) is 22.5. The van der Waals surface area contributed by atoms with Gasteiger partial charge in [0, 0.05) is 69.4 Å². The van der Waals surface area contributed by atoms with E-state index in [9.17, 15) is 4.39 Å². The predicted octanol–water partition coefficient (Wildman–Crippen LogP) is 3.84. The standard InChI is InChI=1S/C24H29FN6O/c1-16(2)23-26-11-17(12-27-23)14-31-9-10-32-21(15-31)22-20(13-28-24(29-22)30(3)4)18-5-7-19(25)8-6-18/h5-8,11-13,16,21H,9-10,14-15H2,1-4H3/t21-/m1/s1. The smallest absolute Gasteiger partial charge is 0.225 e. The van der Waals surface area contributed by atoms with Crippen molar-refractivity contribution in [3.8, 4) is 11.1 Å². The zero-order chi connectivity index (χ0) is 22.7. The SMILES string of the molecule is CC(C)c1ncc(CN2CCO[C@@H](c3nc(N(C)C)ncc3-c3ccc(F)cc3)C2)cn1. The van der Waals surface area contributed by atoms with Crippen molar-refractivity contribution in [2.45, 2.75) is 32.4 Å². The number of rotatable bonds is 6. The molecule has 7 nitrogen and oxygen atoms in total. The van der Waals surface area contributed by atoms with E-state index in [1.807, 2.05) is 31.4 Å². The summed E-state index contributed by atoms with van der Waals surface area (Å²) in [6.07, 6.45) is 5.39.